The highest BCUT2D eigenvalue weighted by molar-refractivity contribution is 7.11. The Labute approximate surface area is 76.3 Å². The van der Waals surface area contributed by atoms with Gasteiger partial charge < -0.3 is 10.8 Å². The number of rotatable bonds is 3. The molecule has 0 fully saturated rings. The van der Waals surface area contributed by atoms with Crippen molar-refractivity contribution in [1.82, 2.24) is 4.98 Å². The number of hydrogen-bond donors (Lipinski definition) is 2. The average Bonchev–Trinajstić information content (AvgIpc) is 2.51. The van der Waals surface area contributed by atoms with Crippen LogP contribution in [0, 0.1) is 6.92 Å². The lowest BCUT2D eigenvalue weighted by Gasteiger charge is -2.22. The SMILES string of the molecule is CCC(O)(CN)c1cnc(C)s1. The van der Waals surface area contributed by atoms with Crippen LogP contribution < -0.4 is 5.73 Å². The summed E-state index contributed by atoms with van der Waals surface area (Å²) in [6, 6.07) is 0. The van der Waals surface area contributed by atoms with Gasteiger partial charge in [0.05, 0.1) is 9.88 Å². The number of nitrogens with zero attached hydrogens (tertiary/aromatic N) is 1. The first-order chi connectivity index (χ1) is 5.62. The first kappa shape index (κ1) is 9.64. The highest BCUT2D eigenvalue weighted by atomic mass is 32.1. The molecule has 1 aromatic heterocycles. The highest BCUT2D eigenvalue weighted by Gasteiger charge is 2.27. The second kappa shape index (κ2) is 3.51. The fraction of sp³-hybridized carbons (Fsp3) is 0.625. The summed E-state index contributed by atoms with van der Waals surface area (Å²) >= 11 is 1.50. The summed E-state index contributed by atoms with van der Waals surface area (Å²) in [5, 5.41) is 10.9. The zero-order valence-electron chi connectivity index (χ0n) is 7.37. The molecule has 3 N–H and O–H groups in total. The van der Waals surface area contributed by atoms with E-state index in [1.54, 1.807) is 6.20 Å². The molecule has 1 unspecified atom stereocenters. The van der Waals surface area contributed by atoms with E-state index in [-0.39, 0.29) is 6.54 Å². The lowest BCUT2D eigenvalue weighted by Crippen LogP contribution is -2.33. The third-order valence-corrected chi connectivity index (χ3v) is 3.11. The third-order valence-electron chi connectivity index (χ3n) is 2.00. The van der Waals surface area contributed by atoms with Crippen LogP contribution in [-0.2, 0) is 5.60 Å². The smallest absolute Gasteiger partial charge is 0.112 e. The van der Waals surface area contributed by atoms with E-state index in [9.17, 15) is 5.11 Å². The van der Waals surface area contributed by atoms with Crippen LogP contribution in [0.4, 0.5) is 0 Å². The second-order valence-electron chi connectivity index (χ2n) is 2.83. The minimum absolute atomic E-state index is 0.255. The Morgan fingerprint density at radius 1 is 1.75 bits per heavy atom. The molecular weight excluding hydrogens is 172 g/mol. The number of aryl methyl sites for hydroxylation is 1. The Kier molecular flexibility index (Phi) is 2.82. The van der Waals surface area contributed by atoms with Crippen molar-refractivity contribution in [3.8, 4) is 0 Å². The Morgan fingerprint density at radius 3 is 2.75 bits per heavy atom. The van der Waals surface area contributed by atoms with Crippen LogP contribution in [0.15, 0.2) is 6.20 Å². The zero-order valence-corrected chi connectivity index (χ0v) is 8.19. The van der Waals surface area contributed by atoms with Gasteiger partial charge in [-0.05, 0) is 13.3 Å². The molecule has 1 atom stereocenters. The number of hydrogen-bond acceptors (Lipinski definition) is 4. The summed E-state index contributed by atoms with van der Waals surface area (Å²) in [5.41, 5.74) is 4.62. The quantitative estimate of drug-likeness (QED) is 0.740. The van der Waals surface area contributed by atoms with Crippen molar-refractivity contribution >= 4 is 11.3 Å². The molecule has 0 radical (unpaired) electrons. The molecule has 3 nitrogen and oxygen atoms in total. The van der Waals surface area contributed by atoms with E-state index in [0.717, 1.165) is 9.88 Å². The summed E-state index contributed by atoms with van der Waals surface area (Å²) in [6.45, 7) is 4.09. The van der Waals surface area contributed by atoms with Crippen molar-refractivity contribution in [1.29, 1.82) is 0 Å². The number of aromatic nitrogens is 1. The van der Waals surface area contributed by atoms with Crippen molar-refractivity contribution in [2.24, 2.45) is 5.73 Å². The van der Waals surface area contributed by atoms with E-state index < -0.39 is 5.60 Å². The molecule has 12 heavy (non-hydrogen) atoms. The Morgan fingerprint density at radius 2 is 2.42 bits per heavy atom. The van der Waals surface area contributed by atoms with Crippen molar-refractivity contribution in [2.45, 2.75) is 25.9 Å². The largest absolute Gasteiger partial charge is 0.383 e. The summed E-state index contributed by atoms with van der Waals surface area (Å²) < 4.78 is 0. The van der Waals surface area contributed by atoms with Crippen LogP contribution in [0.1, 0.15) is 23.2 Å². The predicted molar refractivity (Wildman–Crippen MR) is 50.1 cm³/mol. The first-order valence-electron chi connectivity index (χ1n) is 3.97. The number of aliphatic hydroxyl groups is 1. The molecule has 68 valence electrons. The molecule has 0 aliphatic carbocycles. The molecular formula is C8H14N2OS. The van der Waals surface area contributed by atoms with E-state index in [1.165, 1.54) is 11.3 Å². The van der Waals surface area contributed by atoms with E-state index in [0.29, 0.717) is 6.42 Å². The van der Waals surface area contributed by atoms with Crippen molar-refractivity contribution in [2.75, 3.05) is 6.54 Å². The Balaban J connectivity index is 2.94. The van der Waals surface area contributed by atoms with Crippen molar-refractivity contribution in [3.05, 3.63) is 16.1 Å². The van der Waals surface area contributed by atoms with Crippen LogP contribution in [0.2, 0.25) is 0 Å². The van der Waals surface area contributed by atoms with Gasteiger partial charge in [-0.1, -0.05) is 6.92 Å². The van der Waals surface area contributed by atoms with Gasteiger partial charge in [0, 0.05) is 12.7 Å². The number of thiazole rings is 1. The average molecular weight is 186 g/mol. The zero-order chi connectivity index (χ0) is 9.19. The lowest BCUT2D eigenvalue weighted by molar-refractivity contribution is 0.0454. The molecule has 0 aliphatic heterocycles. The predicted octanol–water partition coefficient (Wildman–Crippen LogP) is 1.01. The molecule has 1 heterocycles. The van der Waals surface area contributed by atoms with E-state index >= 15 is 0 Å². The van der Waals surface area contributed by atoms with Gasteiger partial charge in [0.2, 0.25) is 0 Å². The monoisotopic (exact) mass is 186 g/mol. The van der Waals surface area contributed by atoms with E-state index in [2.05, 4.69) is 4.98 Å². The van der Waals surface area contributed by atoms with Crippen LogP contribution in [0.25, 0.3) is 0 Å². The Hall–Kier alpha value is -0.450. The number of nitrogens with two attached hydrogens (primary N) is 1. The molecule has 0 spiro atoms. The molecule has 0 amide bonds. The maximum atomic E-state index is 9.96. The van der Waals surface area contributed by atoms with Crippen LogP contribution in [0.3, 0.4) is 0 Å². The van der Waals surface area contributed by atoms with Gasteiger partial charge in [-0.25, -0.2) is 4.98 Å². The molecule has 4 heteroatoms. The maximum Gasteiger partial charge on any atom is 0.112 e. The van der Waals surface area contributed by atoms with Crippen molar-refractivity contribution in [3.63, 3.8) is 0 Å². The molecule has 0 bridgehead atoms. The van der Waals surface area contributed by atoms with E-state index in [4.69, 9.17) is 5.73 Å². The van der Waals surface area contributed by atoms with Gasteiger partial charge >= 0.3 is 0 Å². The normalized spacial score (nSPS) is 16.0. The summed E-state index contributed by atoms with van der Waals surface area (Å²) in [4.78, 5) is 4.95. The molecule has 0 aromatic carbocycles. The minimum Gasteiger partial charge on any atom is -0.383 e. The van der Waals surface area contributed by atoms with Crippen LogP contribution in [0.5, 0.6) is 0 Å². The van der Waals surface area contributed by atoms with Crippen LogP contribution in [-0.4, -0.2) is 16.6 Å². The van der Waals surface area contributed by atoms with Crippen LogP contribution >= 0.6 is 11.3 Å². The highest BCUT2D eigenvalue weighted by Crippen LogP contribution is 2.28. The molecule has 0 saturated heterocycles. The third kappa shape index (κ3) is 1.65. The maximum absolute atomic E-state index is 9.96. The summed E-state index contributed by atoms with van der Waals surface area (Å²) in [5.74, 6) is 0. The lowest BCUT2D eigenvalue weighted by atomic mass is 10.0. The van der Waals surface area contributed by atoms with Gasteiger partial charge in [0.1, 0.15) is 5.60 Å². The van der Waals surface area contributed by atoms with Gasteiger partial charge in [0.15, 0.2) is 0 Å². The van der Waals surface area contributed by atoms with Gasteiger partial charge in [0.25, 0.3) is 0 Å². The van der Waals surface area contributed by atoms with Gasteiger partial charge in [-0.15, -0.1) is 11.3 Å². The fourth-order valence-electron chi connectivity index (χ4n) is 0.996. The van der Waals surface area contributed by atoms with Gasteiger partial charge in [-0.3, -0.25) is 0 Å². The first-order valence-corrected chi connectivity index (χ1v) is 4.79. The van der Waals surface area contributed by atoms with E-state index in [1.807, 2.05) is 13.8 Å². The second-order valence-corrected chi connectivity index (χ2v) is 4.07. The van der Waals surface area contributed by atoms with Gasteiger partial charge in [-0.2, -0.15) is 0 Å². The topological polar surface area (TPSA) is 59.1 Å². The summed E-state index contributed by atoms with van der Waals surface area (Å²) in [6.07, 6.45) is 2.33. The molecule has 1 rings (SSSR count). The fourth-order valence-corrected chi connectivity index (χ4v) is 1.94. The summed E-state index contributed by atoms with van der Waals surface area (Å²) in [7, 11) is 0. The molecule has 1 aromatic rings. The molecule has 0 aliphatic rings. The minimum atomic E-state index is -0.869. The standard InChI is InChI=1S/C8H14N2OS/c1-3-8(11,5-9)7-4-10-6(2)12-7/h4,11H,3,5,9H2,1-2H3. The molecule has 0 saturated carbocycles. The van der Waals surface area contributed by atoms with Crippen molar-refractivity contribution < 1.29 is 5.11 Å². The Bertz CT molecular complexity index is 255.